The summed E-state index contributed by atoms with van der Waals surface area (Å²) in [6.45, 7) is 16.8. The van der Waals surface area contributed by atoms with Crippen molar-refractivity contribution < 1.29 is 18.3 Å². The molecule has 0 nitrogen and oxygen atoms in total. The Balaban J connectivity index is 1.37. The van der Waals surface area contributed by atoms with Crippen molar-refractivity contribution in [2.75, 3.05) is 0 Å². The van der Waals surface area contributed by atoms with Crippen LogP contribution in [0.2, 0.25) is 4.63 Å². The van der Waals surface area contributed by atoms with E-state index in [0.717, 1.165) is 30.1 Å². The van der Waals surface area contributed by atoms with Crippen molar-refractivity contribution in [3.8, 4) is 11.1 Å². The third-order valence-corrected chi connectivity index (χ3v) is 29.3. The van der Waals surface area contributed by atoms with Gasteiger partial charge in [0.15, 0.2) is 0 Å². The SMILES string of the molecule is [CH2]=[Zr]([CH3])([C]1=CC(C2(C)C3CC4CC(C3)CC2C4)=CC1C)([c]1ccc(C)cc1)[c]1c(C)c(C)cc2c1Cc1cc(C)c(C)cc1-2. The van der Waals surface area contributed by atoms with E-state index in [1.807, 2.05) is 0 Å². The second kappa shape index (κ2) is 9.47. The van der Waals surface area contributed by atoms with Crippen LogP contribution >= 0.6 is 0 Å². The van der Waals surface area contributed by atoms with Crippen LogP contribution in [0.15, 0.2) is 63.5 Å². The molecule has 3 aromatic rings. The first-order chi connectivity index (χ1) is 20.8. The molecule has 228 valence electrons. The molecule has 6 aliphatic rings. The van der Waals surface area contributed by atoms with Gasteiger partial charge in [0, 0.05) is 0 Å². The van der Waals surface area contributed by atoms with Gasteiger partial charge in [-0.2, -0.15) is 0 Å². The molecule has 1 unspecified atom stereocenters. The number of hydrogen-bond acceptors (Lipinski definition) is 0. The molecule has 0 heterocycles. The summed E-state index contributed by atoms with van der Waals surface area (Å²) >= 11 is -4.40. The van der Waals surface area contributed by atoms with Gasteiger partial charge in [-0.1, -0.05) is 0 Å². The predicted molar refractivity (Wildman–Crippen MR) is 188 cm³/mol. The molecular formula is C43H52Zr. The van der Waals surface area contributed by atoms with E-state index in [1.165, 1.54) is 79.9 Å². The monoisotopic (exact) mass is 658 g/mol. The standard InChI is InChI=1S/C17H23.C17H17.C7H7.CH3.CH2.Zr/c1-11-3-4-14(5-11)17(2)15-7-12-6-13(9-15)10-16(17)8-12;1-10-5-14-9-15-6-11(2)13(4)8-17(15)16(14)7-12(10)3;1-7-5-3-2-4-6-7;;;/h4-5,11-13,15-16H,6-10H2,1-2H3;5,7-8H,9H2,1-4H3;3-6H,1H3;1H3;1H2;. The molecule has 9 rings (SSSR count). The van der Waals surface area contributed by atoms with E-state index >= 15 is 0 Å². The zero-order valence-corrected chi connectivity index (χ0v) is 31.0. The Morgan fingerprint density at radius 1 is 0.773 bits per heavy atom. The number of aryl methyl sites for hydroxylation is 4. The number of fused-ring (bicyclic) bond motifs is 3. The summed E-state index contributed by atoms with van der Waals surface area (Å²) in [7, 11) is 0. The van der Waals surface area contributed by atoms with Crippen molar-refractivity contribution in [1.29, 1.82) is 0 Å². The van der Waals surface area contributed by atoms with E-state index in [1.54, 1.807) is 17.7 Å². The average Bonchev–Trinajstić information content (AvgIpc) is 3.53. The van der Waals surface area contributed by atoms with E-state index in [9.17, 15) is 0 Å². The first kappa shape index (κ1) is 29.3. The Bertz CT molecular complexity index is 1850. The molecule has 4 fully saturated rings. The van der Waals surface area contributed by atoms with Crippen LogP contribution in [0.5, 0.6) is 0 Å². The normalized spacial score (nSPS) is 30.3. The van der Waals surface area contributed by atoms with Gasteiger partial charge in [-0.15, -0.1) is 0 Å². The minimum absolute atomic E-state index is 0.328. The molecule has 3 aromatic carbocycles. The molecule has 0 N–H and O–H groups in total. The minimum atomic E-state index is -4.40. The van der Waals surface area contributed by atoms with Crippen LogP contribution in [0.25, 0.3) is 11.1 Å². The quantitative estimate of drug-likeness (QED) is 0.205. The zero-order chi connectivity index (χ0) is 30.9. The summed E-state index contributed by atoms with van der Waals surface area (Å²) in [5, 5.41) is 0. The van der Waals surface area contributed by atoms with Crippen molar-refractivity contribution in [1.82, 2.24) is 0 Å². The van der Waals surface area contributed by atoms with Gasteiger partial charge in [-0.3, -0.25) is 0 Å². The topological polar surface area (TPSA) is 0 Å². The molecule has 0 saturated heterocycles. The van der Waals surface area contributed by atoms with E-state index < -0.39 is 18.3 Å². The van der Waals surface area contributed by atoms with Crippen LogP contribution in [0, 0.1) is 69.6 Å². The van der Waals surface area contributed by atoms with Crippen molar-refractivity contribution >= 4 is 10.8 Å². The van der Waals surface area contributed by atoms with Gasteiger partial charge in [0.1, 0.15) is 0 Å². The Kier molecular flexibility index (Phi) is 6.31. The van der Waals surface area contributed by atoms with E-state index in [-0.39, 0.29) is 0 Å². The third kappa shape index (κ3) is 3.81. The van der Waals surface area contributed by atoms with Crippen LogP contribution in [0.3, 0.4) is 0 Å². The summed E-state index contributed by atoms with van der Waals surface area (Å²) in [5.41, 5.74) is 15.1. The summed E-state index contributed by atoms with van der Waals surface area (Å²) in [6, 6.07) is 17.1. The molecule has 0 spiro atoms. The van der Waals surface area contributed by atoms with Gasteiger partial charge >= 0.3 is 269 Å². The molecule has 44 heavy (non-hydrogen) atoms. The van der Waals surface area contributed by atoms with E-state index in [4.69, 9.17) is 4.21 Å². The number of hydrogen-bond donors (Lipinski definition) is 0. The Morgan fingerprint density at radius 2 is 1.36 bits per heavy atom. The molecule has 0 amide bonds. The second-order valence-corrected chi connectivity index (χ2v) is 30.9. The number of rotatable bonds is 4. The van der Waals surface area contributed by atoms with Gasteiger partial charge < -0.3 is 0 Å². The molecule has 1 atom stereocenters. The van der Waals surface area contributed by atoms with Gasteiger partial charge in [-0.05, 0) is 0 Å². The molecule has 0 radical (unpaired) electrons. The van der Waals surface area contributed by atoms with Crippen LogP contribution in [-0.2, 0) is 24.7 Å². The van der Waals surface area contributed by atoms with Gasteiger partial charge in [0.2, 0.25) is 0 Å². The average molecular weight is 660 g/mol. The zero-order valence-electron chi connectivity index (χ0n) is 28.5. The Hall–Kier alpha value is -2.11. The maximum atomic E-state index is 5.68. The Morgan fingerprint density at radius 3 is 2.00 bits per heavy atom. The summed E-state index contributed by atoms with van der Waals surface area (Å²) < 4.78 is 13.3. The van der Waals surface area contributed by atoms with Crippen molar-refractivity contribution in [2.45, 2.75) is 91.6 Å². The molecule has 4 saturated carbocycles. The summed E-state index contributed by atoms with van der Waals surface area (Å²) in [5.74, 6) is 4.14. The van der Waals surface area contributed by atoms with E-state index in [0.29, 0.717) is 11.3 Å². The van der Waals surface area contributed by atoms with Crippen LogP contribution < -0.4 is 6.54 Å². The number of allylic oxidation sites excluding steroid dienone is 4. The third-order valence-electron chi connectivity index (χ3n) is 14.3. The van der Waals surface area contributed by atoms with Crippen molar-refractivity contribution in [2.24, 2.45) is 35.0 Å². The van der Waals surface area contributed by atoms with Crippen molar-refractivity contribution in [3.63, 3.8) is 0 Å². The van der Waals surface area contributed by atoms with E-state index in [2.05, 4.69) is 108 Å². The second-order valence-electron chi connectivity index (χ2n) is 17.0. The van der Waals surface area contributed by atoms with Crippen molar-refractivity contribution in [3.05, 3.63) is 102 Å². The molecule has 0 aromatic heterocycles. The first-order valence-electron chi connectivity index (χ1n) is 17.6. The van der Waals surface area contributed by atoms with Gasteiger partial charge in [-0.25, -0.2) is 0 Å². The Labute approximate surface area is 267 Å². The fourth-order valence-corrected chi connectivity index (χ4v) is 26.7. The predicted octanol–water partition coefficient (Wildman–Crippen LogP) is 9.84. The maximum absolute atomic E-state index is 5.68. The van der Waals surface area contributed by atoms with Crippen LogP contribution in [0.4, 0.5) is 0 Å². The molecule has 1 heteroatoms. The molecular weight excluding hydrogens is 608 g/mol. The van der Waals surface area contributed by atoms with Gasteiger partial charge in [0.05, 0.1) is 0 Å². The van der Waals surface area contributed by atoms with Crippen LogP contribution in [-0.4, -0.2) is 4.21 Å². The first-order valence-corrected chi connectivity index (χ1v) is 25.5. The van der Waals surface area contributed by atoms with Gasteiger partial charge in [0.25, 0.3) is 0 Å². The molecule has 0 aliphatic heterocycles. The number of benzene rings is 3. The fraction of sp³-hybridized carbons (Fsp3) is 0.465. The fourth-order valence-electron chi connectivity index (χ4n) is 11.7. The van der Waals surface area contributed by atoms with Crippen LogP contribution in [0.1, 0.15) is 84.9 Å². The molecule has 6 aliphatic carbocycles. The molecule has 4 bridgehead atoms. The summed E-state index contributed by atoms with van der Waals surface area (Å²) in [6.07, 6.45) is 13.9. The summed E-state index contributed by atoms with van der Waals surface area (Å²) in [4.78, 5) is 0.